The molecule has 0 bridgehead atoms. The molecule has 1 N–H and O–H groups in total. The summed E-state index contributed by atoms with van der Waals surface area (Å²) in [6.07, 6.45) is 2.71. The zero-order chi connectivity index (χ0) is 32.3. The fraction of sp³-hybridized carbons (Fsp3) is 0.325. The van der Waals surface area contributed by atoms with E-state index in [1.165, 1.54) is 43.8 Å². The third-order valence-corrected chi connectivity index (χ3v) is 10.2. The van der Waals surface area contributed by atoms with Crippen molar-refractivity contribution in [3.8, 4) is 16.9 Å². The Hall–Kier alpha value is -4.46. The van der Waals surface area contributed by atoms with Crippen LogP contribution in [-0.4, -0.2) is 80.0 Å². The third-order valence-electron chi connectivity index (χ3n) is 10.2. The number of benzene rings is 4. The lowest BCUT2D eigenvalue weighted by atomic mass is 9.87. The van der Waals surface area contributed by atoms with E-state index in [1.807, 2.05) is 48.5 Å². The first-order valence-corrected chi connectivity index (χ1v) is 16.8. The van der Waals surface area contributed by atoms with Gasteiger partial charge in [-0.05, 0) is 98.0 Å². The number of nitrogens with zero attached hydrogens (tertiary/aromatic N) is 3. The van der Waals surface area contributed by atoms with Gasteiger partial charge >= 0.3 is 0 Å². The predicted octanol–water partition coefficient (Wildman–Crippen LogP) is 7.60. The number of fused-ring (bicyclic) bond motifs is 1. The van der Waals surface area contributed by atoms with Crippen LogP contribution >= 0.6 is 0 Å². The first kappa shape index (κ1) is 31.2. The van der Waals surface area contributed by atoms with E-state index in [0.29, 0.717) is 16.9 Å². The number of aromatic nitrogens is 1. The maximum absolute atomic E-state index is 14.6. The van der Waals surface area contributed by atoms with E-state index in [2.05, 4.69) is 57.1 Å². The van der Waals surface area contributed by atoms with Gasteiger partial charge in [0.05, 0.1) is 7.11 Å². The molecule has 6 nitrogen and oxygen atoms in total. The number of methoxy groups -OCH3 is 1. The van der Waals surface area contributed by atoms with Gasteiger partial charge in [0.25, 0.3) is 0 Å². The third kappa shape index (κ3) is 6.83. The minimum Gasteiger partial charge on any atom is -0.496 e. The Morgan fingerprint density at radius 1 is 0.851 bits per heavy atom. The van der Waals surface area contributed by atoms with Crippen molar-refractivity contribution in [1.29, 1.82) is 0 Å². The lowest BCUT2D eigenvalue weighted by Crippen LogP contribution is -2.52. The monoisotopic (exact) mass is 630 g/mol. The lowest BCUT2D eigenvalue weighted by molar-refractivity contribution is 0.0977. The summed E-state index contributed by atoms with van der Waals surface area (Å²) in [4.78, 5) is 25.0. The van der Waals surface area contributed by atoms with Gasteiger partial charge in [-0.25, -0.2) is 4.39 Å². The van der Waals surface area contributed by atoms with Crippen LogP contribution in [0, 0.1) is 5.82 Å². The van der Waals surface area contributed by atoms with Crippen molar-refractivity contribution in [2.75, 3.05) is 58.3 Å². The number of carbonyl (C=O) groups excluding carboxylic acids is 1. The fourth-order valence-electron chi connectivity index (χ4n) is 7.39. The zero-order valence-corrected chi connectivity index (χ0v) is 27.3. The molecule has 4 aromatic carbocycles. The number of nitrogens with one attached hydrogen (secondary N) is 1. The van der Waals surface area contributed by atoms with Crippen molar-refractivity contribution in [2.24, 2.45) is 0 Å². The lowest BCUT2D eigenvalue weighted by Gasteiger charge is -2.42. The van der Waals surface area contributed by atoms with Gasteiger partial charge < -0.3 is 19.5 Å². The Labute approximate surface area is 276 Å². The van der Waals surface area contributed by atoms with E-state index in [1.54, 1.807) is 13.2 Å². The van der Waals surface area contributed by atoms with Gasteiger partial charge in [0.1, 0.15) is 11.6 Å². The number of rotatable bonds is 9. The molecule has 2 fully saturated rings. The predicted molar refractivity (Wildman–Crippen MR) is 188 cm³/mol. The molecule has 5 aromatic rings. The Morgan fingerprint density at radius 2 is 1.62 bits per heavy atom. The highest BCUT2D eigenvalue weighted by atomic mass is 19.1. The van der Waals surface area contributed by atoms with Crippen LogP contribution in [0.15, 0.2) is 97.1 Å². The largest absolute Gasteiger partial charge is 0.496 e. The molecule has 0 amide bonds. The number of carbonyl (C=O) groups is 1. The SMILES string of the molecule is COc1ccc(F)cc1[C@@H](CC(=O)c1cccc(-c2ccc(N3CCN(C4CCN(C)CC4)CC3)cc2)c1)c1cc2ccccc2[nH]1. The first-order chi connectivity index (χ1) is 22.9. The molecular weight excluding hydrogens is 587 g/mol. The summed E-state index contributed by atoms with van der Waals surface area (Å²) in [7, 11) is 3.80. The molecule has 3 heterocycles. The van der Waals surface area contributed by atoms with Crippen molar-refractivity contribution in [1.82, 2.24) is 14.8 Å². The molecule has 0 unspecified atom stereocenters. The average Bonchev–Trinajstić information content (AvgIpc) is 3.55. The van der Waals surface area contributed by atoms with E-state index in [9.17, 15) is 9.18 Å². The summed E-state index contributed by atoms with van der Waals surface area (Å²) in [5, 5.41) is 1.04. The number of Topliss-reactive ketones (excluding diaryl/α,β-unsaturated/α-hetero) is 1. The van der Waals surface area contributed by atoms with Crippen molar-refractivity contribution >= 4 is 22.4 Å². The summed E-state index contributed by atoms with van der Waals surface area (Å²) in [5.41, 5.74) is 6.42. The number of hydrogen-bond donors (Lipinski definition) is 1. The quantitative estimate of drug-likeness (QED) is 0.170. The van der Waals surface area contributed by atoms with Crippen LogP contribution in [0.1, 0.15) is 46.8 Å². The van der Waals surface area contributed by atoms with Crippen molar-refractivity contribution in [2.45, 2.75) is 31.2 Å². The molecule has 2 saturated heterocycles. The summed E-state index contributed by atoms with van der Waals surface area (Å²) in [6.45, 7) is 6.71. The summed E-state index contributed by atoms with van der Waals surface area (Å²) in [5.74, 6) is -0.233. The number of anilines is 1. The number of aromatic amines is 1. The van der Waals surface area contributed by atoms with Crippen LogP contribution in [-0.2, 0) is 0 Å². The van der Waals surface area contributed by atoms with Crippen LogP contribution < -0.4 is 9.64 Å². The number of piperazine rings is 1. The van der Waals surface area contributed by atoms with Gasteiger partial charge in [0, 0.05) is 72.6 Å². The number of para-hydroxylation sites is 1. The van der Waals surface area contributed by atoms with Crippen LogP contribution in [0.25, 0.3) is 22.0 Å². The van der Waals surface area contributed by atoms with Gasteiger partial charge in [-0.15, -0.1) is 0 Å². The minimum atomic E-state index is -0.414. The van der Waals surface area contributed by atoms with E-state index >= 15 is 0 Å². The molecular formula is C40H43FN4O2. The summed E-state index contributed by atoms with van der Waals surface area (Å²) in [6, 6.07) is 31.8. The smallest absolute Gasteiger partial charge is 0.163 e. The highest BCUT2D eigenvalue weighted by molar-refractivity contribution is 5.98. The second-order valence-electron chi connectivity index (χ2n) is 13.1. The topological polar surface area (TPSA) is 51.8 Å². The number of ether oxygens (including phenoxy) is 1. The van der Waals surface area contributed by atoms with Crippen LogP contribution in [0.2, 0.25) is 0 Å². The van der Waals surface area contributed by atoms with E-state index in [4.69, 9.17) is 4.74 Å². The van der Waals surface area contributed by atoms with Crippen molar-refractivity contribution in [3.05, 3.63) is 120 Å². The first-order valence-electron chi connectivity index (χ1n) is 16.8. The molecule has 47 heavy (non-hydrogen) atoms. The average molecular weight is 631 g/mol. The second kappa shape index (κ2) is 13.7. The zero-order valence-electron chi connectivity index (χ0n) is 27.3. The molecule has 0 saturated carbocycles. The van der Waals surface area contributed by atoms with Crippen LogP contribution in [0.3, 0.4) is 0 Å². The van der Waals surface area contributed by atoms with Crippen molar-refractivity contribution in [3.63, 3.8) is 0 Å². The number of halogens is 1. The number of likely N-dealkylation sites (tertiary alicyclic amines) is 1. The van der Waals surface area contributed by atoms with E-state index in [-0.39, 0.29) is 18.0 Å². The molecule has 0 spiro atoms. The molecule has 7 rings (SSSR count). The number of hydrogen-bond acceptors (Lipinski definition) is 5. The van der Waals surface area contributed by atoms with Gasteiger partial charge in [0.15, 0.2) is 5.78 Å². The molecule has 242 valence electrons. The molecule has 7 heteroatoms. The van der Waals surface area contributed by atoms with E-state index in [0.717, 1.165) is 59.9 Å². The molecule has 1 atom stereocenters. The van der Waals surface area contributed by atoms with Gasteiger partial charge in [-0.1, -0.05) is 48.5 Å². The highest BCUT2D eigenvalue weighted by Crippen LogP contribution is 2.37. The van der Waals surface area contributed by atoms with Gasteiger partial charge in [-0.3, -0.25) is 9.69 Å². The Bertz CT molecular complexity index is 1800. The number of H-pyrrole nitrogens is 1. The Kier molecular flexibility index (Phi) is 9.09. The van der Waals surface area contributed by atoms with Gasteiger partial charge in [0.2, 0.25) is 0 Å². The molecule has 2 aliphatic rings. The standard InChI is InChI=1S/C40H43FN4O2/c1-43-18-16-34(17-19-43)45-22-20-44(21-23-45)33-13-10-28(11-14-33)29-7-5-8-31(24-29)39(46)27-35(36-26-32(41)12-15-40(36)47-2)38-25-30-6-3-4-9-37(30)42-38/h3-15,24-26,34-35,42H,16-23,27H2,1-2H3/t35-/m1/s1. The minimum absolute atomic E-state index is 0.0130. The van der Waals surface area contributed by atoms with E-state index < -0.39 is 5.92 Å². The molecule has 2 aliphatic heterocycles. The molecule has 1 aromatic heterocycles. The fourth-order valence-corrected chi connectivity index (χ4v) is 7.39. The number of piperidine rings is 1. The molecule has 0 aliphatic carbocycles. The van der Waals surface area contributed by atoms with Gasteiger partial charge in [-0.2, -0.15) is 0 Å². The summed E-state index contributed by atoms with van der Waals surface area (Å²) >= 11 is 0. The van der Waals surface area contributed by atoms with Crippen LogP contribution in [0.4, 0.5) is 10.1 Å². The second-order valence-corrected chi connectivity index (χ2v) is 13.1. The number of ketones is 1. The maximum Gasteiger partial charge on any atom is 0.163 e. The molecule has 0 radical (unpaired) electrons. The summed E-state index contributed by atoms with van der Waals surface area (Å²) < 4.78 is 20.2. The van der Waals surface area contributed by atoms with Crippen molar-refractivity contribution < 1.29 is 13.9 Å². The van der Waals surface area contributed by atoms with Crippen LogP contribution in [0.5, 0.6) is 5.75 Å². The normalized spacial score (nSPS) is 17.2. The Morgan fingerprint density at radius 3 is 2.36 bits per heavy atom. The Balaban J connectivity index is 1.07. The maximum atomic E-state index is 14.6. The highest BCUT2D eigenvalue weighted by Gasteiger charge is 2.27.